The topological polar surface area (TPSA) is 187 Å². The van der Waals surface area contributed by atoms with Gasteiger partial charge in [0.1, 0.15) is 18.1 Å². The number of aromatic amines is 1. The summed E-state index contributed by atoms with van der Waals surface area (Å²) in [6.45, 7) is 4.27. The van der Waals surface area contributed by atoms with Gasteiger partial charge in [-0.25, -0.2) is 0 Å². The van der Waals surface area contributed by atoms with E-state index >= 15 is 0 Å². The molecule has 11 heteroatoms. The van der Waals surface area contributed by atoms with Crippen LogP contribution in [0.5, 0.6) is 0 Å². The van der Waals surface area contributed by atoms with Gasteiger partial charge in [-0.3, -0.25) is 19.2 Å². The molecule has 0 bridgehead atoms. The number of carboxylic acids is 1. The lowest BCUT2D eigenvalue weighted by Gasteiger charge is -2.24. The number of hydrogen-bond donors (Lipinski definition) is 7. The van der Waals surface area contributed by atoms with Gasteiger partial charge in [0, 0.05) is 17.1 Å². The molecule has 4 atom stereocenters. The van der Waals surface area contributed by atoms with Crippen molar-refractivity contribution in [1.29, 1.82) is 0 Å². The van der Waals surface area contributed by atoms with Gasteiger partial charge in [0.2, 0.25) is 17.7 Å². The fraction of sp³-hybridized carbons (Fsp3) is 0.478. The standard InChI is InChI=1S/C23H33N5O6/c1-12(2)8-18(21(31)26-13(3)23(33)34)27-22(32)19(11-29)28-20(30)16(24)9-14-10-25-17-7-5-4-6-15(14)17/h4-7,10,12-13,16,18-19,25,29H,8-9,11,24H2,1-3H3,(H,26,31)(H,27,32)(H,28,30)(H,33,34). The second-order valence-corrected chi connectivity index (χ2v) is 8.67. The highest BCUT2D eigenvalue weighted by atomic mass is 16.4. The average Bonchev–Trinajstić information content (AvgIpc) is 3.18. The Morgan fingerprint density at radius 1 is 0.971 bits per heavy atom. The highest BCUT2D eigenvalue weighted by Crippen LogP contribution is 2.18. The quantitative estimate of drug-likeness (QED) is 0.218. The summed E-state index contributed by atoms with van der Waals surface area (Å²) in [5.74, 6) is -3.30. The fourth-order valence-corrected chi connectivity index (χ4v) is 3.45. The molecule has 11 nitrogen and oxygen atoms in total. The number of carboxylic acid groups (broad SMARTS) is 1. The molecule has 0 fully saturated rings. The first-order chi connectivity index (χ1) is 16.0. The zero-order valence-corrected chi connectivity index (χ0v) is 19.5. The lowest BCUT2D eigenvalue weighted by molar-refractivity contribution is -0.142. The predicted molar refractivity (Wildman–Crippen MR) is 126 cm³/mol. The third-order valence-electron chi connectivity index (χ3n) is 5.34. The van der Waals surface area contributed by atoms with Crippen LogP contribution in [0.3, 0.4) is 0 Å². The first-order valence-electron chi connectivity index (χ1n) is 11.1. The van der Waals surface area contributed by atoms with Crippen LogP contribution in [0, 0.1) is 5.92 Å². The maximum Gasteiger partial charge on any atom is 0.325 e. The number of fused-ring (bicyclic) bond motifs is 1. The maximum absolute atomic E-state index is 12.7. The number of carbonyl (C=O) groups is 4. The Hall–Kier alpha value is -3.44. The van der Waals surface area contributed by atoms with Crippen molar-refractivity contribution >= 4 is 34.6 Å². The smallest absolute Gasteiger partial charge is 0.325 e. The molecule has 34 heavy (non-hydrogen) atoms. The number of nitrogens with one attached hydrogen (secondary N) is 4. The molecular weight excluding hydrogens is 442 g/mol. The zero-order valence-electron chi connectivity index (χ0n) is 19.5. The highest BCUT2D eigenvalue weighted by molar-refractivity contribution is 5.94. The summed E-state index contributed by atoms with van der Waals surface area (Å²) in [5.41, 5.74) is 7.79. The predicted octanol–water partition coefficient (Wildman–Crippen LogP) is -0.365. The number of rotatable bonds is 12. The number of nitrogens with two attached hydrogens (primary N) is 1. The summed E-state index contributed by atoms with van der Waals surface area (Å²) in [4.78, 5) is 52.0. The monoisotopic (exact) mass is 475 g/mol. The van der Waals surface area contributed by atoms with E-state index in [-0.39, 0.29) is 18.8 Å². The van der Waals surface area contributed by atoms with E-state index in [2.05, 4.69) is 20.9 Å². The third-order valence-corrected chi connectivity index (χ3v) is 5.34. The van der Waals surface area contributed by atoms with Crippen molar-refractivity contribution in [1.82, 2.24) is 20.9 Å². The number of amides is 3. The van der Waals surface area contributed by atoms with Gasteiger partial charge in [-0.05, 0) is 37.3 Å². The number of aliphatic hydroxyl groups is 1. The molecule has 1 heterocycles. The van der Waals surface area contributed by atoms with Gasteiger partial charge in [-0.1, -0.05) is 32.0 Å². The first kappa shape index (κ1) is 26.8. The molecule has 2 aromatic rings. The second kappa shape index (κ2) is 12.1. The van der Waals surface area contributed by atoms with Gasteiger partial charge in [0.15, 0.2) is 0 Å². The van der Waals surface area contributed by atoms with Crippen molar-refractivity contribution in [2.75, 3.05) is 6.61 Å². The van der Waals surface area contributed by atoms with E-state index in [0.717, 1.165) is 16.5 Å². The van der Waals surface area contributed by atoms with Crippen LogP contribution in [0.1, 0.15) is 32.8 Å². The Labute approximate surface area is 197 Å². The number of carbonyl (C=O) groups excluding carboxylic acids is 3. The molecule has 3 amide bonds. The van der Waals surface area contributed by atoms with Gasteiger partial charge in [-0.2, -0.15) is 0 Å². The van der Waals surface area contributed by atoms with Crippen LogP contribution < -0.4 is 21.7 Å². The average molecular weight is 476 g/mol. The minimum absolute atomic E-state index is 0.00273. The molecule has 4 unspecified atom stereocenters. The maximum atomic E-state index is 12.7. The van der Waals surface area contributed by atoms with Crippen molar-refractivity contribution < 1.29 is 29.4 Å². The molecule has 0 aliphatic rings. The Bertz CT molecular complexity index is 1020. The van der Waals surface area contributed by atoms with Gasteiger partial charge in [0.05, 0.1) is 12.6 Å². The molecule has 1 aromatic carbocycles. The molecule has 0 saturated carbocycles. The molecule has 8 N–H and O–H groups in total. The van der Waals surface area contributed by atoms with E-state index in [1.165, 1.54) is 6.92 Å². The SMILES string of the molecule is CC(C)CC(NC(=O)C(CO)NC(=O)C(N)Cc1c[nH]c2ccccc12)C(=O)NC(C)C(=O)O. The number of aromatic nitrogens is 1. The largest absolute Gasteiger partial charge is 0.480 e. The minimum Gasteiger partial charge on any atom is -0.480 e. The number of benzene rings is 1. The normalized spacial score (nSPS) is 14.8. The van der Waals surface area contributed by atoms with Crippen LogP contribution in [-0.2, 0) is 25.6 Å². The summed E-state index contributed by atoms with van der Waals surface area (Å²) in [5, 5.41) is 26.8. The Morgan fingerprint density at radius 3 is 2.21 bits per heavy atom. The van der Waals surface area contributed by atoms with Crippen LogP contribution >= 0.6 is 0 Å². The Morgan fingerprint density at radius 2 is 1.59 bits per heavy atom. The van der Waals surface area contributed by atoms with Gasteiger partial charge < -0.3 is 36.9 Å². The zero-order chi connectivity index (χ0) is 25.4. The molecule has 1 aromatic heterocycles. The molecule has 0 aliphatic heterocycles. The number of hydrogen-bond acceptors (Lipinski definition) is 6. The van der Waals surface area contributed by atoms with Gasteiger partial charge >= 0.3 is 5.97 Å². The van der Waals surface area contributed by atoms with Crippen molar-refractivity contribution in [3.8, 4) is 0 Å². The van der Waals surface area contributed by atoms with Crippen LogP contribution in [0.4, 0.5) is 0 Å². The van der Waals surface area contributed by atoms with Crippen molar-refractivity contribution in [2.24, 2.45) is 11.7 Å². The lowest BCUT2D eigenvalue weighted by Crippen LogP contribution is -2.58. The number of H-pyrrole nitrogens is 1. The Balaban J connectivity index is 2.02. The first-order valence-corrected chi connectivity index (χ1v) is 11.1. The third kappa shape index (κ3) is 7.29. The van der Waals surface area contributed by atoms with E-state index in [0.29, 0.717) is 0 Å². The van der Waals surface area contributed by atoms with Crippen LogP contribution in [-0.4, -0.2) is 69.7 Å². The molecule has 0 radical (unpaired) electrons. The Kier molecular flexibility index (Phi) is 9.58. The molecule has 186 valence electrons. The van der Waals surface area contributed by atoms with Gasteiger partial charge in [0.25, 0.3) is 0 Å². The highest BCUT2D eigenvalue weighted by Gasteiger charge is 2.29. The second-order valence-electron chi connectivity index (χ2n) is 8.67. The van der Waals surface area contributed by atoms with Crippen LogP contribution in [0.25, 0.3) is 10.9 Å². The summed E-state index contributed by atoms with van der Waals surface area (Å²) in [6.07, 6.45) is 2.21. The summed E-state index contributed by atoms with van der Waals surface area (Å²) in [6, 6.07) is 3.06. The summed E-state index contributed by atoms with van der Waals surface area (Å²) < 4.78 is 0. The number of aliphatic hydroxyl groups excluding tert-OH is 1. The lowest BCUT2D eigenvalue weighted by atomic mass is 10.0. The van der Waals surface area contributed by atoms with E-state index < -0.39 is 54.5 Å². The molecule has 0 saturated heterocycles. The van der Waals surface area contributed by atoms with Crippen molar-refractivity contribution in [3.63, 3.8) is 0 Å². The van der Waals surface area contributed by atoms with E-state index in [1.807, 2.05) is 38.1 Å². The fourth-order valence-electron chi connectivity index (χ4n) is 3.45. The van der Waals surface area contributed by atoms with Gasteiger partial charge in [-0.15, -0.1) is 0 Å². The van der Waals surface area contributed by atoms with E-state index in [9.17, 15) is 24.3 Å². The summed E-state index contributed by atoms with van der Waals surface area (Å²) >= 11 is 0. The van der Waals surface area contributed by atoms with Crippen LogP contribution in [0.2, 0.25) is 0 Å². The molecule has 0 spiro atoms. The van der Waals surface area contributed by atoms with E-state index in [4.69, 9.17) is 10.8 Å². The number of aliphatic carboxylic acids is 1. The molecule has 2 rings (SSSR count). The number of para-hydroxylation sites is 1. The van der Waals surface area contributed by atoms with Crippen molar-refractivity contribution in [3.05, 3.63) is 36.0 Å². The minimum atomic E-state index is -1.33. The van der Waals surface area contributed by atoms with Crippen LogP contribution in [0.15, 0.2) is 30.5 Å². The molecular formula is C23H33N5O6. The van der Waals surface area contributed by atoms with E-state index in [1.54, 1.807) is 6.20 Å². The van der Waals surface area contributed by atoms with Crippen molar-refractivity contribution in [2.45, 2.75) is 57.8 Å². The molecule has 0 aliphatic carbocycles. The summed E-state index contributed by atoms with van der Waals surface area (Å²) in [7, 11) is 0.